The number of amides is 1. The van der Waals surface area contributed by atoms with Gasteiger partial charge in [-0.2, -0.15) is 0 Å². The molecule has 7 heteroatoms. The van der Waals surface area contributed by atoms with Crippen LogP contribution in [0.2, 0.25) is 0 Å². The molecule has 0 aliphatic heterocycles. The number of anilines is 1. The van der Waals surface area contributed by atoms with Crippen molar-refractivity contribution in [1.82, 2.24) is 9.88 Å². The largest absolute Gasteiger partial charge is 0.494 e. The molecule has 1 aromatic heterocycles. The molecule has 6 nitrogen and oxygen atoms in total. The maximum Gasteiger partial charge on any atom is 0.223 e. The minimum Gasteiger partial charge on any atom is -0.494 e. The van der Waals surface area contributed by atoms with Crippen molar-refractivity contribution >= 4 is 49.8 Å². The zero-order chi connectivity index (χ0) is 24.9. The lowest BCUT2D eigenvalue weighted by molar-refractivity contribution is -0.116. The molecule has 0 aliphatic carbocycles. The molecule has 0 saturated heterocycles. The van der Waals surface area contributed by atoms with Gasteiger partial charge in [0, 0.05) is 34.6 Å². The van der Waals surface area contributed by atoms with E-state index in [0.29, 0.717) is 17.8 Å². The second-order valence-electron chi connectivity index (χ2n) is 8.71. The van der Waals surface area contributed by atoms with E-state index in [1.54, 1.807) is 11.8 Å². The number of carbonyl (C=O) groups is 1. The van der Waals surface area contributed by atoms with E-state index >= 15 is 0 Å². The lowest BCUT2D eigenvalue weighted by atomic mass is 10.0. The number of benzene rings is 3. The normalized spacial score (nSPS) is 11.9. The Morgan fingerprint density at radius 2 is 1.71 bits per heavy atom. The number of hydrogen-bond donors (Lipinski definition) is 2. The van der Waals surface area contributed by atoms with Crippen LogP contribution in [0.5, 0.6) is 5.88 Å². The fourth-order valence-electron chi connectivity index (χ4n) is 4.11. The van der Waals surface area contributed by atoms with Crippen LogP contribution in [-0.4, -0.2) is 53.8 Å². The number of aromatic nitrogens is 1. The van der Waals surface area contributed by atoms with Gasteiger partial charge in [0.2, 0.25) is 5.91 Å². The highest BCUT2D eigenvalue weighted by atomic mass is 79.9. The summed E-state index contributed by atoms with van der Waals surface area (Å²) < 4.78 is 0.923. The Bertz CT molecular complexity index is 1340. The second kappa shape index (κ2) is 10.9. The number of fused-ring (bicyclic) bond motifs is 1. The number of aliphatic imine (C=N–C) groups is 1. The van der Waals surface area contributed by atoms with E-state index in [0.717, 1.165) is 45.3 Å². The van der Waals surface area contributed by atoms with Crippen molar-refractivity contribution < 1.29 is 9.90 Å². The molecule has 1 amide bonds. The fourth-order valence-corrected chi connectivity index (χ4v) is 4.47. The summed E-state index contributed by atoms with van der Waals surface area (Å²) >= 11 is 3.49. The third kappa shape index (κ3) is 5.81. The van der Waals surface area contributed by atoms with Crippen molar-refractivity contribution in [2.45, 2.75) is 13.3 Å². The predicted octanol–water partition coefficient (Wildman–Crippen LogP) is 6.11. The van der Waals surface area contributed by atoms with Crippen LogP contribution in [0.15, 0.2) is 82.3 Å². The Hall–Kier alpha value is -3.42. The van der Waals surface area contributed by atoms with Gasteiger partial charge in [-0.25, -0.2) is 4.99 Å². The van der Waals surface area contributed by atoms with Crippen LogP contribution in [-0.2, 0) is 4.79 Å². The first-order valence-corrected chi connectivity index (χ1v) is 12.3. The van der Waals surface area contributed by atoms with E-state index in [9.17, 15) is 9.90 Å². The molecule has 1 heterocycles. The average Bonchev–Trinajstić information content (AvgIpc) is 3.15. The van der Waals surface area contributed by atoms with E-state index in [-0.39, 0.29) is 11.8 Å². The smallest absolute Gasteiger partial charge is 0.223 e. The van der Waals surface area contributed by atoms with Crippen LogP contribution in [0.1, 0.15) is 24.5 Å². The van der Waals surface area contributed by atoms with E-state index in [2.05, 4.69) is 25.8 Å². The van der Waals surface area contributed by atoms with Gasteiger partial charge in [-0.3, -0.25) is 4.79 Å². The maximum atomic E-state index is 12.3. The van der Waals surface area contributed by atoms with Crippen LogP contribution in [0, 0.1) is 0 Å². The highest BCUT2D eigenvalue weighted by Crippen LogP contribution is 2.33. The van der Waals surface area contributed by atoms with Gasteiger partial charge in [-0.05, 0) is 63.5 Å². The SMILES string of the molecule is CC(=O)N(CCCN(C)C)c1ccc(N=C(c2ccccc2)c2c(O)[nH]c3cc(Br)ccc23)cc1. The number of nitrogens with one attached hydrogen (secondary N) is 1. The topological polar surface area (TPSA) is 71.9 Å². The molecule has 0 fully saturated rings. The molecule has 0 radical (unpaired) electrons. The van der Waals surface area contributed by atoms with Gasteiger partial charge in [-0.1, -0.05) is 52.3 Å². The first kappa shape index (κ1) is 24.7. The Balaban J connectivity index is 1.73. The molecule has 0 saturated carbocycles. The van der Waals surface area contributed by atoms with Crippen LogP contribution in [0.3, 0.4) is 0 Å². The number of aromatic hydroxyl groups is 1. The lowest BCUT2D eigenvalue weighted by Gasteiger charge is -2.22. The third-order valence-electron chi connectivity index (χ3n) is 5.79. The zero-order valence-corrected chi connectivity index (χ0v) is 21.7. The number of halogens is 1. The van der Waals surface area contributed by atoms with Crippen molar-refractivity contribution in [3.05, 3.63) is 88.4 Å². The van der Waals surface area contributed by atoms with Gasteiger partial charge in [0.1, 0.15) is 0 Å². The van der Waals surface area contributed by atoms with Crippen molar-refractivity contribution in [2.24, 2.45) is 4.99 Å². The molecule has 0 spiro atoms. The van der Waals surface area contributed by atoms with Gasteiger partial charge in [0.25, 0.3) is 0 Å². The van der Waals surface area contributed by atoms with Crippen molar-refractivity contribution in [1.29, 1.82) is 0 Å². The number of rotatable bonds is 8. The first-order chi connectivity index (χ1) is 16.8. The second-order valence-corrected chi connectivity index (χ2v) is 9.62. The van der Waals surface area contributed by atoms with Crippen LogP contribution in [0.4, 0.5) is 11.4 Å². The van der Waals surface area contributed by atoms with Crippen LogP contribution >= 0.6 is 15.9 Å². The highest BCUT2D eigenvalue weighted by molar-refractivity contribution is 9.10. The number of carbonyl (C=O) groups excluding carboxylic acids is 1. The molecule has 4 aromatic rings. The molecule has 35 heavy (non-hydrogen) atoms. The van der Waals surface area contributed by atoms with Gasteiger partial charge in [0.05, 0.1) is 22.5 Å². The van der Waals surface area contributed by atoms with Gasteiger partial charge in [0.15, 0.2) is 5.88 Å². The Labute approximate surface area is 214 Å². The summed E-state index contributed by atoms with van der Waals surface area (Å²) in [6.07, 6.45) is 0.889. The molecule has 0 bridgehead atoms. The summed E-state index contributed by atoms with van der Waals surface area (Å²) in [5.74, 6) is 0.0841. The Morgan fingerprint density at radius 1 is 1.00 bits per heavy atom. The summed E-state index contributed by atoms with van der Waals surface area (Å²) in [7, 11) is 4.05. The monoisotopic (exact) mass is 532 g/mol. The summed E-state index contributed by atoms with van der Waals surface area (Å²) in [4.78, 5) is 24.2. The number of hydrogen-bond acceptors (Lipinski definition) is 4. The van der Waals surface area contributed by atoms with Crippen LogP contribution in [0.25, 0.3) is 10.9 Å². The first-order valence-electron chi connectivity index (χ1n) is 11.5. The number of nitrogens with zero attached hydrogens (tertiary/aromatic N) is 3. The highest BCUT2D eigenvalue weighted by Gasteiger charge is 2.19. The minimum absolute atomic E-state index is 0.0138. The quantitative estimate of drug-likeness (QED) is 0.269. The van der Waals surface area contributed by atoms with E-state index in [4.69, 9.17) is 4.99 Å². The van der Waals surface area contributed by atoms with E-state index in [1.165, 1.54) is 0 Å². The zero-order valence-electron chi connectivity index (χ0n) is 20.1. The Kier molecular flexibility index (Phi) is 7.68. The number of H-pyrrole nitrogens is 1. The molecule has 4 rings (SSSR count). The number of aromatic amines is 1. The van der Waals surface area contributed by atoms with Crippen molar-refractivity contribution in [3.63, 3.8) is 0 Å². The summed E-state index contributed by atoms with van der Waals surface area (Å²) in [5, 5.41) is 11.7. The van der Waals surface area contributed by atoms with E-state index < -0.39 is 0 Å². The molecule has 0 aliphatic rings. The maximum absolute atomic E-state index is 12.3. The standard InChI is InChI=1S/C28H29BrN4O2/c1-19(34)33(17-7-16-32(2)3)23-13-11-22(12-14-23)30-27(20-8-5-4-6-9-20)26-24-15-10-21(29)18-25(24)31-28(26)35/h4-6,8-15,18,31,35H,7,16-17H2,1-3H3. The van der Waals surface area contributed by atoms with E-state index in [1.807, 2.05) is 86.9 Å². The molecule has 0 atom stereocenters. The molecule has 3 aromatic carbocycles. The summed E-state index contributed by atoms with van der Waals surface area (Å²) in [6, 6.07) is 23.3. The lowest BCUT2D eigenvalue weighted by Crippen LogP contribution is -2.31. The third-order valence-corrected chi connectivity index (χ3v) is 6.29. The van der Waals surface area contributed by atoms with Gasteiger partial charge >= 0.3 is 0 Å². The molecular weight excluding hydrogens is 504 g/mol. The molecule has 2 N–H and O–H groups in total. The van der Waals surface area contributed by atoms with Crippen molar-refractivity contribution in [3.8, 4) is 5.88 Å². The Morgan fingerprint density at radius 3 is 2.37 bits per heavy atom. The average molecular weight is 533 g/mol. The molecule has 180 valence electrons. The predicted molar refractivity (Wildman–Crippen MR) is 147 cm³/mol. The van der Waals surface area contributed by atoms with Crippen molar-refractivity contribution in [2.75, 3.05) is 32.1 Å². The fraction of sp³-hybridized carbons (Fsp3) is 0.214. The molecular formula is C28H29BrN4O2. The summed E-state index contributed by atoms with van der Waals surface area (Å²) in [5.41, 5.74) is 4.60. The molecule has 0 unspecified atom stereocenters. The van der Waals surface area contributed by atoms with Crippen LogP contribution < -0.4 is 4.90 Å². The minimum atomic E-state index is 0.0138. The summed E-state index contributed by atoms with van der Waals surface area (Å²) in [6.45, 7) is 3.16. The van der Waals surface area contributed by atoms with Gasteiger partial charge < -0.3 is 19.9 Å². The van der Waals surface area contributed by atoms with Gasteiger partial charge in [-0.15, -0.1) is 0 Å².